The van der Waals surface area contributed by atoms with Gasteiger partial charge in [0.25, 0.3) is 5.91 Å². The van der Waals surface area contributed by atoms with Gasteiger partial charge in [-0.15, -0.1) is 0 Å². The first-order valence-corrected chi connectivity index (χ1v) is 11.9. The number of anilines is 1. The van der Waals surface area contributed by atoms with Crippen LogP contribution < -0.4 is 15.4 Å². The molecule has 0 aromatic heterocycles. The summed E-state index contributed by atoms with van der Waals surface area (Å²) in [6.07, 6.45) is -0.198. The van der Waals surface area contributed by atoms with Crippen LogP contribution in [0.4, 0.5) is 5.69 Å². The highest BCUT2D eigenvalue weighted by atomic mass is 16.7. The highest BCUT2D eigenvalue weighted by Crippen LogP contribution is 2.46. The number of primary amides is 1. The molecule has 2 N–H and O–H groups in total. The van der Waals surface area contributed by atoms with Crippen LogP contribution in [0.2, 0.25) is 0 Å². The van der Waals surface area contributed by atoms with Gasteiger partial charge in [-0.3, -0.25) is 19.2 Å². The zero-order chi connectivity index (χ0) is 25.4. The summed E-state index contributed by atoms with van der Waals surface area (Å²) in [5, 5.41) is 1.34. The number of nitrogens with two attached hydrogens (primary N) is 1. The number of hydrogen-bond donors (Lipinski definition) is 1. The average molecular weight is 486 g/mol. The highest BCUT2D eigenvalue weighted by molar-refractivity contribution is 6.23. The van der Waals surface area contributed by atoms with Crippen molar-refractivity contribution in [1.82, 2.24) is 5.06 Å². The summed E-state index contributed by atoms with van der Waals surface area (Å²) in [5.41, 5.74) is 8.85. The number of imide groups is 1. The van der Waals surface area contributed by atoms with Crippen LogP contribution in [0.3, 0.4) is 0 Å². The molecule has 3 aromatic carbocycles. The fourth-order valence-electron chi connectivity index (χ4n) is 4.77. The molecule has 8 heteroatoms. The van der Waals surface area contributed by atoms with Crippen molar-refractivity contribution in [2.45, 2.75) is 32.4 Å². The Morgan fingerprint density at radius 2 is 1.69 bits per heavy atom. The van der Waals surface area contributed by atoms with Crippen molar-refractivity contribution in [3.8, 4) is 11.5 Å². The van der Waals surface area contributed by atoms with E-state index in [0.717, 1.165) is 17.5 Å². The van der Waals surface area contributed by atoms with Crippen molar-refractivity contribution >= 4 is 23.4 Å². The molecule has 184 valence electrons. The minimum Gasteiger partial charge on any atom is -0.457 e. The summed E-state index contributed by atoms with van der Waals surface area (Å²) in [6, 6.07) is 21.5. The number of hydrogen-bond acceptors (Lipinski definition) is 6. The summed E-state index contributed by atoms with van der Waals surface area (Å²) < 4.78 is 6.01. The maximum Gasteiger partial charge on any atom is 0.265 e. The van der Waals surface area contributed by atoms with Crippen LogP contribution in [0.1, 0.15) is 29.7 Å². The molecule has 2 aliphatic heterocycles. The molecule has 0 radical (unpaired) electrons. The topological polar surface area (TPSA) is 102 Å². The smallest absolute Gasteiger partial charge is 0.265 e. The number of amides is 3. The van der Waals surface area contributed by atoms with Crippen molar-refractivity contribution < 1.29 is 24.0 Å². The van der Waals surface area contributed by atoms with E-state index in [2.05, 4.69) is 0 Å². The first kappa shape index (κ1) is 23.7. The van der Waals surface area contributed by atoms with Crippen LogP contribution in [0, 0.1) is 12.8 Å². The molecule has 3 aromatic rings. The molecular formula is C28H27N3O5. The van der Waals surface area contributed by atoms with Gasteiger partial charge in [0.15, 0.2) is 6.10 Å². The van der Waals surface area contributed by atoms with E-state index in [1.807, 2.05) is 56.3 Å². The molecule has 2 saturated heterocycles. The predicted octanol–water partition coefficient (Wildman–Crippen LogP) is 3.68. The van der Waals surface area contributed by atoms with Crippen LogP contribution in [-0.4, -0.2) is 35.4 Å². The molecule has 0 spiro atoms. The Kier molecular flexibility index (Phi) is 6.30. The highest BCUT2D eigenvalue weighted by Gasteiger charge is 2.60. The van der Waals surface area contributed by atoms with Crippen molar-refractivity contribution in [3.05, 3.63) is 89.5 Å². The number of hydroxylamine groups is 2. The SMILES string of the molecule is CCc1ccc(N2C(=O)C3ON(CC(N)=O)C(c4cccc(Oc5ccc(C)cc5)c4)C3C2=O)cc1. The molecule has 0 aliphatic carbocycles. The molecule has 3 unspecified atom stereocenters. The molecule has 0 bridgehead atoms. The minimum absolute atomic E-state index is 0.257. The van der Waals surface area contributed by atoms with E-state index in [4.69, 9.17) is 15.3 Å². The maximum atomic E-state index is 13.6. The summed E-state index contributed by atoms with van der Waals surface area (Å²) in [5.74, 6) is -1.07. The van der Waals surface area contributed by atoms with E-state index in [0.29, 0.717) is 22.7 Å². The monoisotopic (exact) mass is 485 g/mol. The zero-order valence-corrected chi connectivity index (χ0v) is 20.1. The van der Waals surface area contributed by atoms with Gasteiger partial charge in [0.05, 0.1) is 17.6 Å². The van der Waals surface area contributed by atoms with Crippen LogP contribution in [0.15, 0.2) is 72.8 Å². The van der Waals surface area contributed by atoms with Crippen molar-refractivity contribution in [3.63, 3.8) is 0 Å². The Morgan fingerprint density at radius 1 is 0.972 bits per heavy atom. The summed E-state index contributed by atoms with van der Waals surface area (Å²) >= 11 is 0. The normalized spacial score (nSPS) is 21.6. The first-order valence-electron chi connectivity index (χ1n) is 11.9. The van der Waals surface area contributed by atoms with E-state index >= 15 is 0 Å². The van der Waals surface area contributed by atoms with Gasteiger partial charge in [-0.05, 0) is 60.9 Å². The van der Waals surface area contributed by atoms with Gasteiger partial charge in [0.1, 0.15) is 18.0 Å². The number of rotatable bonds is 7. The fraction of sp³-hybridized carbons (Fsp3) is 0.250. The molecule has 8 nitrogen and oxygen atoms in total. The molecule has 5 rings (SSSR count). The van der Waals surface area contributed by atoms with Crippen molar-refractivity contribution in [2.75, 3.05) is 11.4 Å². The first-order chi connectivity index (χ1) is 17.4. The summed E-state index contributed by atoms with van der Waals surface area (Å²) in [4.78, 5) is 45.8. The van der Waals surface area contributed by atoms with E-state index in [1.54, 1.807) is 30.3 Å². The molecule has 36 heavy (non-hydrogen) atoms. The predicted molar refractivity (Wildman–Crippen MR) is 133 cm³/mol. The number of ether oxygens (including phenoxy) is 1. The molecular weight excluding hydrogens is 458 g/mol. The van der Waals surface area contributed by atoms with Crippen LogP contribution in [0.25, 0.3) is 0 Å². The van der Waals surface area contributed by atoms with E-state index < -0.39 is 29.9 Å². The van der Waals surface area contributed by atoms with E-state index in [1.165, 1.54) is 9.96 Å². The van der Waals surface area contributed by atoms with Crippen molar-refractivity contribution in [2.24, 2.45) is 11.7 Å². The standard InChI is InChI=1S/C28H27N3O5/c1-3-18-9-11-20(12-10-18)31-27(33)24-25(30(16-23(29)32)36-26(24)28(31)34)19-5-4-6-22(15-19)35-21-13-7-17(2)8-14-21/h4-15,24-26H,3,16H2,1-2H3,(H2,29,32). The van der Waals surface area contributed by atoms with Gasteiger partial charge in [-0.2, -0.15) is 5.06 Å². The van der Waals surface area contributed by atoms with Crippen LogP contribution in [-0.2, 0) is 25.6 Å². The second kappa shape index (κ2) is 9.56. The largest absolute Gasteiger partial charge is 0.457 e. The Bertz CT molecular complexity index is 1310. The lowest BCUT2D eigenvalue weighted by molar-refractivity contribution is -0.175. The Morgan fingerprint density at radius 3 is 2.36 bits per heavy atom. The van der Waals surface area contributed by atoms with E-state index in [-0.39, 0.29) is 12.5 Å². The van der Waals surface area contributed by atoms with Gasteiger partial charge in [0.2, 0.25) is 11.8 Å². The van der Waals surface area contributed by atoms with Gasteiger partial charge in [0, 0.05) is 0 Å². The van der Waals surface area contributed by atoms with Gasteiger partial charge in [-0.25, -0.2) is 4.90 Å². The summed E-state index contributed by atoms with van der Waals surface area (Å²) in [7, 11) is 0. The van der Waals surface area contributed by atoms with Gasteiger partial charge < -0.3 is 10.5 Å². The average Bonchev–Trinajstić information content (AvgIpc) is 3.35. The number of carbonyl (C=O) groups excluding carboxylic acids is 3. The Balaban J connectivity index is 1.48. The summed E-state index contributed by atoms with van der Waals surface area (Å²) in [6.45, 7) is 3.77. The lowest BCUT2D eigenvalue weighted by atomic mass is 9.90. The maximum absolute atomic E-state index is 13.6. The number of carbonyl (C=O) groups is 3. The molecule has 2 aliphatic rings. The number of benzene rings is 3. The third-order valence-corrected chi connectivity index (χ3v) is 6.57. The number of aryl methyl sites for hydroxylation is 2. The third-order valence-electron chi connectivity index (χ3n) is 6.57. The Labute approximate surface area is 209 Å². The van der Waals surface area contributed by atoms with Crippen LogP contribution >= 0.6 is 0 Å². The Hall–Kier alpha value is -4.01. The zero-order valence-electron chi connectivity index (χ0n) is 20.1. The molecule has 2 heterocycles. The second-order valence-electron chi connectivity index (χ2n) is 9.06. The van der Waals surface area contributed by atoms with Crippen LogP contribution in [0.5, 0.6) is 11.5 Å². The lowest BCUT2D eigenvalue weighted by Crippen LogP contribution is -2.40. The number of fused-ring (bicyclic) bond motifs is 1. The fourth-order valence-corrected chi connectivity index (χ4v) is 4.77. The van der Waals surface area contributed by atoms with Crippen molar-refractivity contribution in [1.29, 1.82) is 0 Å². The second-order valence-corrected chi connectivity index (χ2v) is 9.06. The van der Waals surface area contributed by atoms with E-state index in [9.17, 15) is 14.4 Å². The third kappa shape index (κ3) is 4.36. The van der Waals surface area contributed by atoms with Gasteiger partial charge in [-0.1, -0.05) is 48.9 Å². The quantitative estimate of drug-likeness (QED) is 0.512. The molecule has 3 atom stereocenters. The molecule has 2 fully saturated rings. The molecule has 3 amide bonds. The minimum atomic E-state index is -1.05. The lowest BCUT2D eigenvalue weighted by Gasteiger charge is -2.26. The molecule has 0 saturated carbocycles. The number of nitrogens with zero attached hydrogens (tertiary/aromatic N) is 2. The van der Waals surface area contributed by atoms with Gasteiger partial charge >= 0.3 is 0 Å².